The second kappa shape index (κ2) is 5.32. The zero-order valence-corrected chi connectivity index (χ0v) is 10.5. The molecule has 0 spiro atoms. The molecule has 3 heteroatoms. The van der Waals surface area contributed by atoms with E-state index in [0.29, 0.717) is 10.6 Å². The molecule has 0 saturated heterocycles. The zero-order valence-electron chi connectivity index (χ0n) is 9.75. The van der Waals surface area contributed by atoms with Gasteiger partial charge in [0.05, 0.1) is 0 Å². The fourth-order valence-electron chi connectivity index (χ4n) is 1.63. The lowest BCUT2D eigenvalue weighted by molar-refractivity contribution is 0.508. The highest BCUT2D eigenvalue weighted by Gasteiger charge is 2.03. The van der Waals surface area contributed by atoms with Gasteiger partial charge in [0.2, 0.25) is 0 Å². The molecule has 92 valence electrons. The summed E-state index contributed by atoms with van der Waals surface area (Å²) in [4.78, 5) is 0. The van der Waals surface area contributed by atoms with Crippen LogP contribution in [0.1, 0.15) is 18.1 Å². The molecule has 18 heavy (non-hydrogen) atoms. The van der Waals surface area contributed by atoms with Gasteiger partial charge in [-0.2, -0.15) is 0 Å². The van der Waals surface area contributed by atoms with Crippen LogP contribution in [0.4, 0.5) is 8.78 Å². The van der Waals surface area contributed by atoms with Crippen LogP contribution in [0, 0.1) is 11.6 Å². The summed E-state index contributed by atoms with van der Waals surface area (Å²) in [6.07, 6.45) is 1.89. The van der Waals surface area contributed by atoms with Gasteiger partial charge >= 0.3 is 0 Å². The van der Waals surface area contributed by atoms with Crippen molar-refractivity contribution in [1.82, 2.24) is 0 Å². The highest BCUT2D eigenvalue weighted by molar-refractivity contribution is 6.30. The van der Waals surface area contributed by atoms with Crippen LogP contribution < -0.4 is 0 Å². The van der Waals surface area contributed by atoms with E-state index in [-0.39, 0.29) is 0 Å². The predicted octanol–water partition coefficient (Wildman–Crippen LogP) is 5.18. The van der Waals surface area contributed by atoms with Crippen molar-refractivity contribution >= 4 is 23.3 Å². The summed E-state index contributed by atoms with van der Waals surface area (Å²) < 4.78 is 25.9. The normalized spacial score (nSPS) is 11.7. The van der Waals surface area contributed by atoms with Crippen LogP contribution in [0.25, 0.3) is 11.6 Å². The molecule has 0 fully saturated rings. The summed E-state index contributed by atoms with van der Waals surface area (Å²) in [6.45, 7) is 1.85. The average Bonchev–Trinajstić information content (AvgIpc) is 2.35. The molecular weight excluding hydrogens is 254 g/mol. The quantitative estimate of drug-likeness (QED) is 0.656. The molecule has 0 bridgehead atoms. The summed E-state index contributed by atoms with van der Waals surface area (Å²) in [5.41, 5.74) is 2.47. The minimum absolute atomic E-state index is 0.656. The molecule has 0 unspecified atom stereocenters. The Hall–Kier alpha value is -1.67. The first kappa shape index (κ1) is 12.8. The van der Waals surface area contributed by atoms with E-state index in [2.05, 4.69) is 0 Å². The standard InChI is InChI=1S/C15H11ClF2/c1-10(8-11-2-5-13(16)6-3-11)12-4-7-14(17)15(18)9-12/h2-9H,1H3/b10-8-. The molecule has 0 aromatic heterocycles. The Morgan fingerprint density at radius 3 is 2.28 bits per heavy atom. The lowest BCUT2D eigenvalue weighted by Crippen LogP contribution is -1.87. The molecule has 0 amide bonds. The third kappa shape index (κ3) is 2.96. The second-order valence-electron chi connectivity index (χ2n) is 4.01. The Morgan fingerprint density at radius 1 is 1.00 bits per heavy atom. The summed E-state index contributed by atoms with van der Waals surface area (Å²) in [6, 6.07) is 11.2. The largest absolute Gasteiger partial charge is 0.204 e. The molecule has 2 aromatic rings. The molecule has 0 N–H and O–H groups in total. The van der Waals surface area contributed by atoms with Crippen LogP contribution in [-0.2, 0) is 0 Å². The van der Waals surface area contributed by atoms with Crippen LogP contribution in [-0.4, -0.2) is 0 Å². The van der Waals surface area contributed by atoms with E-state index in [1.165, 1.54) is 6.07 Å². The van der Waals surface area contributed by atoms with Crippen molar-refractivity contribution in [2.75, 3.05) is 0 Å². The van der Waals surface area contributed by atoms with Gasteiger partial charge in [0.1, 0.15) is 0 Å². The fourth-order valence-corrected chi connectivity index (χ4v) is 1.76. The first-order chi connectivity index (χ1) is 8.56. The number of benzene rings is 2. The van der Waals surface area contributed by atoms with Crippen molar-refractivity contribution in [3.63, 3.8) is 0 Å². The maximum atomic E-state index is 13.1. The van der Waals surface area contributed by atoms with Gasteiger partial charge < -0.3 is 0 Å². The van der Waals surface area contributed by atoms with E-state index in [0.717, 1.165) is 17.2 Å². The highest BCUT2D eigenvalue weighted by atomic mass is 35.5. The van der Waals surface area contributed by atoms with Crippen molar-refractivity contribution in [3.8, 4) is 0 Å². The van der Waals surface area contributed by atoms with Crippen molar-refractivity contribution in [2.45, 2.75) is 6.92 Å². The van der Waals surface area contributed by atoms with Gasteiger partial charge in [0, 0.05) is 5.02 Å². The highest BCUT2D eigenvalue weighted by Crippen LogP contribution is 2.20. The van der Waals surface area contributed by atoms with E-state index in [4.69, 9.17) is 11.6 Å². The molecule has 0 aliphatic carbocycles. The summed E-state index contributed by atoms with van der Waals surface area (Å²) >= 11 is 5.79. The minimum atomic E-state index is -0.837. The van der Waals surface area contributed by atoms with E-state index >= 15 is 0 Å². The Kier molecular flexibility index (Phi) is 3.78. The van der Waals surface area contributed by atoms with Crippen LogP contribution >= 0.6 is 11.6 Å². The van der Waals surface area contributed by atoms with Crippen LogP contribution in [0.5, 0.6) is 0 Å². The van der Waals surface area contributed by atoms with Gasteiger partial charge in [-0.3, -0.25) is 0 Å². The maximum Gasteiger partial charge on any atom is 0.159 e. The Morgan fingerprint density at radius 2 is 1.67 bits per heavy atom. The van der Waals surface area contributed by atoms with Gasteiger partial charge in [0.15, 0.2) is 11.6 Å². The van der Waals surface area contributed by atoms with Crippen molar-refractivity contribution in [1.29, 1.82) is 0 Å². The smallest absolute Gasteiger partial charge is 0.159 e. The Labute approximate surface area is 110 Å². The number of hydrogen-bond donors (Lipinski definition) is 0. The monoisotopic (exact) mass is 264 g/mol. The van der Waals surface area contributed by atoms with Gasteiger partial charge in [0.25, 0.3) is 0 Å². The van der Waals surface area contributed by atoms with Crippen molar-refractivity contribution in [2.24, 2.45) is 0 Å². The third-order valence-electron chi connectivity index (χ3n) is 2.63. The minimum Gasteiger partial charge on any atom is -0.204 e. The van der Waals surface area contributed by atoms with Crippen molar-refractivity contribution in [3.05, 3.63) is 70.2 Å². The van der Waals surface area contributed by atoms with E-state index < -0.39 is 11.6 Å². The topological polar surface area (TPSA) is 0 Å². The van der Waals surface area contributed by atoms with Gasteiger partial charge in [-0.05, 0) is 47.9 Å². The second-order valence-corrected chi connectivity index (χ2v) is 4.44. The first-order valence-corrected chi connectivity index (χ1v) is 5.83. The zero-order chi connectivity index (χ0) is 13.1. The molecule has 0 radical (unpaired) electrons. The van der Waals surface area contributed by atoms with E-state index in [1.807, 2.05) is 25.1 Å². The van der Waals surface area contributed by atoms with Crippen molar-refractivity contribution < 1.29 is 8.78 Å². The molecule has 2 rings (SSSR count). The first-order valence-electron chi connectivity index (χ1n) is 5.45. The molecule has 0 nitrogen and oxygen atoms in total. The average molecular weight is 265 g/mol. The Balaban J connectivity index is 2.32. The molecule has 0 heterocycles. The predicted molar refractivity (Wildman–Crippen MR) is 71.4 cm³/mol. The molecule has 0 saturated carbocycles. The van der Waals surface area contributed by atoms with Crippen LogP contribution in [0.2, 0.25) is 5.02 Å². The van der Waals surface area contributed by atoms with Crippen LogP contribution in [0.3, 0.4) is 0 Å². The molecule has 0 aliphatic heterocycles. The number of rotatable bonds is 2. The lowest BCUT2D eigenvalue weighted by atomic mass is 10.0. The molecular formula is C15H11ClF2. The number of halogens is 3. The lowest BCUT2D eigenvalue weighted by Gasteiger charge is -2.03. The van der Waals surface area contributed by atoms with E-state index in [1.54, 1.807) is 18.2 Å². The number of hydrogen-bond acceptors (Lipinski definition) is 0. The van der Waals surface area contributed by atoms with Gasteiger partial charge in [-0.25, -0.2) is 8.78 Å². The van der Waals surface area contributed by atoms with Gasteiger partial charge in [-0.1, -0.05) is 35.9 Å². The fraction of sp³-hybridized carbons (Fsp3) is 0.0667. The molecule has 2 aromatic carbocycles. The maximum absolute atomic E-state index is 13.1. The molecule has 0 aliphatic rings. The summed E-state index contributed by atoms with van der Waals surface area (Å²) in [7, 11) is 0. The SMILES string of the molecule is C/C(=C/c1ccc(Cl)cc1)c1ccc(F)c(F)c1. The van der Waals surface area contributed by atoms with Gasteiger partial charge in [-0.15, -0.1) is 0 Å². The Bertz CT molecular complexity index is 586. The number of allylic oxidation sites excluding steroid dienone is 1. The summed E-state index contributed by atoms with van der Waals surface area (Å²) in [5.74, 6) is -1.67. The third-order valence-corrected chi connectivity index (χ3v) is 2.88. The summed E-state index contributed by atoms with van der Waals surface area (Å²) in [5, 5.41) is 0.664. The van der Waals surface area contributed by atoms with Crippen LogP contribution in [0.15, 0.2) is 42.5 Å². The van der Waals surface area contributed by atoms with E-state index in [9.17, 15) is 8.78 Å². The molecule has 0 atom stereocenters.